The highest BCUT2D eigenvalue weighted by atomic mass is 16.6. The Balaban J connectivity index is 2.96. The highest BCUT2D eigenvalue weighted by Crippen LogP contribution is 2.26. The summed E-state index contributed by atoms with van der Waals surface area (Å²) in [7, 11) is 0. The van der Waals surface area contributed by atoms with Crippen molar-refractivity contribution in [2.45, 2.75) is 19.4 Å². The number of nitro groups is 1. The van der Waals surface area contributed by atoms with E-state index < -0.39 is 10.5 Å². The van der Waals surface area contributed by atoms with Crippen LogP contribution in [0.5, 0.6) is 0 Å². The van der Waals surface area contributed by atoms with E-state index in [0.29, 0.717) is 5.69 Å². The Bertz CT molecular complexity index is 404. The van der Waals surface area contributed by atoms with Gasteiger partial charge in [0.1, 0.15) is 0 Å². The Morgan fingerprint density at radius 1 is 1.56 bits per heavy atom. The van der Waals surface area contributed by atoms with Crippen LogP contribution in [0.4, 0.5) is 17.1 Å². The molecule has 1 rings (SSSR count). The maximum atomic E-state index is 10.5. The van der Waals surface area contributed by atoms with Crippen LogP contribution in [0, 0.1) is 10.1 Å². The van der Waals surface area contributed by atoms with E-state index in [1.54, 1.807) is 13.8 Å². The standard InChI is InChI=1S/C10H15N3O3/c1-10(2,6-14)12-9-4-3-7(13(15)16)5-8(9)11/h3-5,12,14H,6,11H2,1-2H3. The summed E-state index contributed by atoms with van der Waals surface area (Å²) >= 11 is 0. The fraction of sp³-hybridized carbons (Fsp3) is 0.400. The van der Waals surface area contributed by atoms with Gasteiger partial charge in [0.15, 0.2) is 0 Å². The molecule has 4 N–H and O–H groups in total. The minimum Gasteiger partial charge on any atom is -0.397 e. The van der Waals surface area contributed by atoms with Gasteiger partial charge in [0.25, 0.3) is 5.69 Å². The number of nitro benzene ring substituents is 1. The number of nitrogen functional groups attached to an aromatic ring is 1. The molecule has 0 aliphatic heterocycles. The first-order chi connectivity index (χ1) is 7.35. The average molecular weight is 225 g/mol. The zero-order valence-corrected chi connectivity index (χ0v) is 9.23. The molecule has 1 aromatic rings. The van der Waals surface area contributed by atoms with E-state index in [2.05, 4.69) is 5.32 Å². The number of nitrogens with one attached hydrogen (secondary N) is 1. The van der Waals surface area contributed by atoms with Gasteiger partial charge >= 0.3 is 0 Å². The molecule has 6 heteroatoms. The van der Waals surface area contributed by atoms with Gasteiger partial charge in [-0.2, -0.15) is 0 Å². The average Bonchev–Trinajstić information content (AvgIpc) is 2.20. The number of non-ortho nitro benzene ring substituents is 1. The van der Waals surface area contributed by atoms with Crippen LogP contribution in [-0.2, 0) is 0 Å². The number of nitrogens with two attached hydrogens (primary N) is 1. The second-order valence-corrected chi connectivity index (χ2v) is 4.20. The van der Waals surface area contributed by atoms with Crippen molar-refractivity contribution in [2.24, 2.45) is 0 Å². The van der Waals surface area contributed by atoms with E-state index in [-0.39, 0.29) is 18.0 Å². The summed E-state index contributed by atoms with van der Waals surface area (Å²) < 4.78 is 0. The van der Waals surface area contributed by atoms with E-state index in [4.69, 9.17) is 10.8 Å². The zero-order chi connectivity index (χ0) is 12.3. The summed E-state index contributed by atoms with van der Waals surface area (Å²) in [6, 6.07) is 4.19. The van der Waals surface area contributed by atoms with Gasteiger partial charge < -0.3 is 16.2 Å². The number of hydrogen-bond donors (Lipinski definition) is 3. The van der Waals surface area contributed by atoms with Crippen LogP contribution < -0.4 is 11.1 Å². The number of anilines is 2. The molecule has 0 amide bonds. The Labute approximate surface area is 93.2 Å². The molecule has 88 valence electrons. The predicted octanol–water partition coefficient (Wildman–Crippen LogP) is 1.36. The summed E-state index contributed by atoms with van der Waals surface area (Å²) in [5, 5.41) is 22.6. The summed E-state index contributed by atoms with van der Waals surface area (Å²) in [5.41, 5.74) is 5.96. The van der Waals surface area contributed by atoms with Crippen LogP contribution >= 0.6 is 0 Å². The SMILES string of the molecule is CC(C)(CO)Nc1ccc([N+](=O)[O-])cc1N. The first kappa shape index (κ1) is 12.3. The molecule has 0 aliphatic rings. The maximum Gasteiger partial charge on any atom is 0.271 e. The lowest BCUT2D eigenvalue weighted by atomic mass is 10.1. The maximum absolute atomic E-state index is 10.5. The lowest BCUT2D eigenvalue weighted by Gasteiger charge is -2.25. The Kier molecular flexibility index (Phi) is 3.34. The van der Waals surface area contributed by atoms with Gasteiger partial charge in [-0.25, -0.2) is 0 Å². The Morgan fingerprint density at radius 3 is 2.62 bits per heavy atom. The zero-order valence-electron chi connectivity index (χ0n) is 9.23. The number of benzene rings is 1. The topological polar surface area (TPSA) is 101 Å². The highest BCUT2D eigenvalue weighted by molar-refractivity contribution is 5.70. The molecule has 0 spiro atoms. The van der Waals surface area contributed by atoms with Crippen molar-refractivity contribution in [2.75, 3.05) is 17.7 Å². The molecule has 0 saturated carbocycles. The summed E-state index contributed by atoms with van der Waals surface area (Å²) in [6.07, 6.45) is 0. The van der Waals surface area contributed by atoms with Crippen molar-refractivity contribution in [1.29, 1.82) is 0 Å². The van der Waals surface area contributed by atoms with Crippen molar-refractivity contribution >= 4 is 17.1 Å². The smallest absolute Gasteiger partial charge is 0.271 e. The highest BCUT2D eigenvalue weighted by Gasteiger charge is 2.18. The van der Waals surface area contributed by atoms with Crippen LogP contribution in [0.3, 0.4) is 0 Å². The minimum atomic E-state index is -0.524. The Morgan fingerprint density at radius 2 is 2.19 bits per heavy atom. The normalized spacial score (nSPS) is 11.2. The van der Waals surface area contributed by atoms with Gasteiger partial charge in [-0.05, 0) is 19.9 Å². The number of aliphatic hydroxyl groups excluding tert-OH is 1. The molecule has 0 radical (unpaired) electrons. The molecule has 0 atom stereocenters. The molecular weight excluding hydrogens is 210 g/mol. The fourth-order valence-corrected chi connectivity index (χ4v) is 1.18. The quantitative estimate of drug-likeness (QED) is 0.408. The largest absolute Gasteiger partial charge is 0.397 e. The van der Waals surface area contributed by atoms with Crippen LogP contribution in [0.15, 0.2) is 18.2 Å². The van der Waals surface area contributed by atoms with Gasteiger partial charge in [-0.3, -0.25) is 10.1 Å². The Hall–Kier alpha value is -1.82. The third-order valence-electron chi connectivity index (χ3n) is 2.11. The molecule has 1 aromatic carbocycles. The van der Waals surface area contributed by atoms with Crippen molar-refractivity contribution in [1.82, 2.24) is 0 Å². The molecule has 16 heavy (non-hydrogen) atoms. The van der Waals surface area contributed by atoms with E-state index in [9.17, 15) is 10.1 Å². The summed E-state index contributed by atoms with van der Waals surface area (Å²) in [4.78, 5) is 9.99. The molecule has 0 heterocycles. The van der Waals surface area contributed by atoms with Gasteiger partial charge in [0, 0.05) is 12.1 Å². The summed E-state index contributed by atoms with van der Waals surface area (Å²) in [6.45, 7) is 3.53. The molecule has 0 saturated heterocycles. The first-order valence-electron chi connectivity index (χ1n) is 4.79. The van der Waals surface area contributed by atoms with Crippen molar-refractivity contribution in [3.8, 4) is 0 Å². The van der Waals surface area contributed by atoms with Gasteiger partial charge in [-0.1, -0.05) is 0 Å². The predicted molar refractivity (Wildman–Crippen MR) is 62.3 cm³/mol. The molecular formula is C10H15N3O3. The number of rotatable bonds is 4. The second kappa shape index (κ2) is 4.36. The van der Waals surface area contributed by atoms with Gasteiger partial charge in [0.05, 0.1) is 28.4 Å². The first-order valence-corrected chi connectivity index (χ1v) is 4.79. The number of aliphatic hydroxyl groups is 1. The molecule has 0 aliphatic carbocycles. The van der Waals surface area contributed by atoms with Crippen LogP contribution in [-0.4, -0.2) is 22.2 Å². The number of hydrogen-bond acceptors (Lipinski definition) is 5. The molecule has 0 fully saturated rings. The third-order valence-corrected chi connectivity index (χ3v) is 2.11. The minimum absolute atomic E-state index is 0.0511. The van der Waals surface area contributed by atoms with Gasteiger partial charge in [0.2, 0.25) is 0 Å². The lowest BCUT2D eigenvalue weighted by molar-refractivity contribution is -0.384. The lowest BCUT2D eigenvalue weighted by Crippen LogP contribution is -2.35. The third kappa shape index (κ3) is 2.83. The van der Waals surface area contributed by atoms with Gasteiger partial charge in [-0.15, -0.1) is 0 Å². The van der Waals surface area contributed by atoms with Crippen LogP contribution in [0.25, 0.3) is 0 Å². The monoisotopic (exact) mass is 225 g/mol. The summed E-state index contributed by atoms with van der Waals surface area (Å²) in [5.74, 6) is 0. The van der Waals surface area contributed by atoms with E-state index in [1.807, 2.05) is 0 Å². The van der Waals surface area contributed by atoms with E-state index in [0.717, 1.165) is 0 Å². The molecule has 0 unspecified atom stereocenters. The van der Waals surface area contributed by atoms with Crippen LogP contribution in [0.2, 0.25) is 0 Å². The van der Waals surface area contributed by atoms with E-state index in [1.165, 1.54) is 18.2 Å². The fourth-order valence-electron chi connectivity index (χ4n) is 1.18. The van der Waals surface area contributed by atoms with Crippen LogP contribution in [0.1, 0.15) is 13.8 Å². The molecule has 0 aromatic heterocycles. The van der Waals surface area contributed by atoms with E-state index >= 15 is 0 Å². The van der Waals surface area contributed by atoms with Crippen molar-refractivity contribution < 1.29 is 10.0 Å². The molecule has 0 bridgehead atoms. The van der Waals surface area contributed by atoms with Crippen molar-refractivity contribution in [3.05, 3.63) is 28.3 Å². The number of nitrogens with zero attached hydrogens (tertiary/aromatic N) is 1. The second-order valence-electron chi connectivity index (χ2n) is 4.20. The van der Waals surface area contributed by atoms with Crippen molar-refractivity contribution in [3.63, 3.8) is 0 Å². The molecule has 6 nitrogen and oxygen atoms in total.